The number of likely N-dealkylation sites (tertiary alicyclic amines) is 1. The Morgan fingerprint density at radius 3 is 2.41 bits per heavy atom. The summed E-state index contributed by atoms with van der Waals surface area (Å²) in [6.45, 7) is 1.74. The molecule has 2 aliphatic heterocycles. The van der Waals surface area contributed by atoms with Crippen LogP contribution in [0.2, 0.25) is 0 Å². The molecule has 0 N–H and O–H groups in total. The third-order valence-corrected chi connectivity index (χ3v) is 6.06. The smallest absolute Gasteiger partial charge is 0.253 e. The Hall–Kier alpha value is -3.21. The third-order valence-electron chi connectivity index (χ3n) is 6.06. The molecule has 1 aromatic heterocycles. The fourth-order valence-corrected chi connectivity index (χ4v) is 4.85. The van der Waals surface area contributed by atoms with Gasteiger partial charge in [-0.2, -0.15) is 0 Å². The minimum atomic E-state index is -0.302. The molecule has 2 aliphatic rings. The highest BCUT2D eigenvalue weighted by Gasteiger charge is 2.38. The Balaban J connectivity index is 1.57. The van der Waals surface area contributed by atoms with Gasteiger partial charge < -0.3 is 9.47 Å². The van der Waals surface area contributed by atoms with Crippen LogP contribution < -0.4 is 5.56 Å². The predicted molar refractivity (Wildman–Crippen MR) is 109 cm³/mol. The summed E-state index contributed by atoms with van der Waals surface area (Å²) in [5, 5.41) is 0. The summed E-state index contributed by atoms with van der Waals surface area (Å²) in [4.78, 5) is 27.5. The van der Waals surface area contributed by atoms with Crippen LogP contribution in [0, 0.1) is 11.7 Å². The second-order valence-corrected chi connectivity index (χ2v) is 7.94. The van der Waals surface area contributed by atoms with Gasteiger partial charge in [0.15, 0.2) is 0 Å². The van der Waals surface area contributed by atoms with Crippen molar-refractivity contribution in [1.82, 2.24) is 9.47 Å². The molecule has 146 valence electrons. The maximum Gasteiger partial charge on any atom is 0.253 e. The van der Waals surface area contributed by atoms with E-state index in [1.807, 2.05) is 35.2 Å². The van der Waals surface area contributed by atoms with E-state index in [0.717, 1.165) is 17.7 Å². The Bertz CT molecular complexity index is 1140. The normalized spacial score (nSPS) is 20.2. The van der Waals surface area contributed by atoms with E-state index in [-0.39, 0.29) is 29.1 Å². The Kier molecular flexibility index (Phi) is 4.31. The maximum atomic E-state index is 14.5. The molecule has 3 heterocycles. The number of fused-ring (bicyclic) bond motifs is 4. The van der Waals surface area contributed by atoms with E-state index in [2.05, 4.69) is 0 Å². The molecule has 2 atom stereocenters. The average molecular weight is 388 g/mol. The molecule has 2 bridgehead atoms. The quantitative estimate of drug-likeness (QED) is 0.668. The van der Waals surface area contributed by atoms with Crippen molar-refractivity contribution >= 4 is 5.91 Å². The van der Waals surface area contributed by atoms with Crippen molar-refractivity contribution in [3.63, 3.8) is 0 Å². The van der Waals surface area contributed by atoms with Crippen LogP contribution in [0.3, 0.4) is 0 Å². The Morgan fingerprint density at radius 1 is 0.862 bits per heavy atom. The van der Waals surface area contributed by atoms with E-state index < -0.39 is 0 Å². The molecule has 0 spiro atoms. The first-order chi connectivity index (χ1) is 14.1. The van der Waals surface area contributed by atoms with Gasteiger partial charge in [-0.1, -0.05) is 36.4 Å². The van der Waals surface area contributed by atoms with Gasteiger partial charge in [0.1, 0.15) is 5.82 Å². The highest BCUT2D eigenvalue weighted by molar-refractivity contribution is 5.94. The minimum Gasteiger partial charge on any atom is -0.338 e. The highest BCUT2D eigenvalue weighted by Crippen LogP contribution is 2.40. The molecule has 0 unspecified atom stereocenters. The molecule has 0 saturated carbocycles. The second kappa shape index (κ2) is 6.99. The van der Waals surface area contributed by atoms with Gasteiger partial charge in [0, 0.05) is 54.0 Å². The van der Waals surface area contributed by atoms with Crippen LogP contribution in [0.5, 0.6) is 0 Å². The molecule has 5 heteroatoms. The van der Waals surface area contributed by atoms with Crippen molar-refractivity contribution in [2.24, 2.45) is 5.92 Å². The third kappa shape index (κ3) is 3.07. The topological polar surface area (TPSA) is 42.3 Å². The zero-order chi connectivity index (χ0) is 20.0. The van der Waals surface area contributed by atoms with Crippen LogP contribution in [0.4, 0.5) is 4.39 Å². The molecular weight excluding hydrogens is 367 g/mol. The number of aromatic nitrogens is 1. The number of carbonyl (C=O) groups is 1. The van der Waals surface area contributed by atoms with Crippen molar-refractivity contribution in [1.29, 1.82) is 0 Å². The number of nitrogens with zero attached hydrogens (tertiary/aromatic N) is 2. The number of benzene rings is 2. The predicted octanol–water partition coefficient (Wildman–Crippen LogP) is 3.91. The number of carbonyl (C=O) groups excluding carboxylic acids is 1. The Morgan fingerprint density at radius 2 is 1.62 bits per heavy atom. The molecular formula is C24H21FN2O2. The van der Waals surface area contributed by atoms with Gasteiger partial charge in [0.2, 0.25) is 0 Å². The zero-order valence-electron chi connectivity index (χ0n) is 15.9. The summed E-state index contributed by atoms with van der Waals surface area (Å²) < 4.78 is 16.3. The first-order valence-electron chi connectivity index (χ1n) is 9.95. The van der Waals surface area contributed by atoms with Crippen molar-refractivity contribution in [2.45, 2.75) is 18.9 Å². The zero-order valence-corrected chi connectivity index (χ0v) is 15.9. The molecule has 0 radical (unpaired) electrons. The number of hydrogen-bond donors (Lipinski definition) is 0. The van der Waals surface area contributed by atoms with Gasteiger partial charge in [-0.15, -0.1) is 0 Å². The van der Waals surface area contributed by atoms with Gasteiger partial charge in [0.05, 0.1) is 0 Å². The molecule has 3 aromatic rings. The summed E-state index contributed by atoms with van der Waals surface area (Å²) in [5.41, 5.74) is 2.72. The van der Waals surface area contributed by atoms with E-state index in [9.17, 15) is 14.0 Å². The van der Waals surface area contributed by atoms with Gasteiger partial charge in [-0.3, -0.25) is 9.59 Å². The number of pyridine rings is 1. The lowest BCUT2D eigenvalue weighted by Crippen LogP contribution is -2.49. The lowest BCUT2D eigenvalue weighted by Gasteiger charge is -2.43. The van der Waals surface area contributed by atoms with Crippen LogP contribution >= 0.6 is 0 Å². The second-order valence-electron chi connectivity index (χ2n) is 7.94. The number of hydrogen-bond acceptors (Lipinski definition) is 2. The minimum absolute atomic E-state index is 0.0127. The summed E-state index contributed by atoms with van der Waals surface area (Å²) in [7, 11) is 0. The first kappa shape index (κ1) is 17.9. The Labute approximate surface area is 168 Å². The van der Waals surface area contributed by atoms with Crippen molar-refractivity contribution < 1.29 is 9.18 Å². The van der Waals surface area contributed by atoms with Crippen LogP contribution in [0.1, 0.15) is 28.4 Å². The lowest BCUT2D eigenvalue weighted by molar-refractivity contribution is 0.0595. The van der Waals surface area contributed by atoms with Crippen LogP contribution in [-0.2, 0) is 6.54 Å². The standard InChI is InChI=1S/C24H21FN2O2/c25-21-9-5-4-8-19(21)20-10-11-22(28)27-14-16-12-18(23(20)27)15-26(13-16)24(29)17-6-2-1-3-7-17/h1-11,16,18H,12-15H2/t16-,18+/m0/s1. The summed E-state index contributed by atoms with van der Waals surface area (Å²) >= 11 is 0. The van der Waals surface area contributed by atoms with Crippen molar-refractivity contribution in [2.75, 3.05) is 13.1 Å². The summed E-state index contributed by atoms with van der Waals surface area (Å²) in [5.74, 6) is -0.0512. The fraction of sp³-hybridized carbons (Fsp3) is 0.250. The lowest BCUT2D eigenvalue weighted by atomic mass is 9.80. The molecule has 0 aliphatic carbocycles. The first-order valence-corrected chi connectivity index (χ1v) is 9.95. The SMILES string of the molecule is O=C(c1ccccc1)N1C[C@@H]2C[C@H](C1)c1c(-c3ccccc3F)ccc(=O)n1C2. The van der Waals surface area contributed by atoms with E-state index >= 15 is 0 Å². The highest BCUT2D eigenvalue weighted by atomic mass is 19.1. The summed E-state index contributed by atoms with van der Waals surface area (Å²) in [6, 6.07) is 19.2. The number of piperidine rings is 1. The van der Waals surface area contributed by atoms with Crippen molar-refractivity contribution in [3.05, 3.63) is 94.2 Å². The molecule has 1 saturated heterocycles. The maximum absolute atomic E-state index is 14.5. The molecule has 1 amide bonds. The molecule has 1 fully saturated rings. The largest absolute Gasteiger partial charge is 0.338 e. The van der Waals surface area contributed by atoms with E-state index in [4.69, 9.17) is 0 Å². The van der Waals surface area contributed by atoms with E-state index in [1.54, 1.807) is 28.8 Å². The number of halogens is 1. The number of rotatable bonds is 2. The molecule has 4 nitrogen and oxygen atoms in total. The van der Waals surface area contributed by atoms with Gasteiger partial charge in [-0.05, 0) is 36.6 Å². The monoisotopic (exact) mass is 388 g/mol. The molecule has 29 heavy (non-hydrogen) atoms. The van der Waals surface area contributed by atoms with Gasteiger partial charge in [0.25, 0.3) is 11.5 Å². The van der Waals surface area contributed by atoms with Crippen LogP contribution in [-0.4, -0.2) is 28.5 Å². The molecule has 2 aromatic carbocycles. The average Bonchev–Trinajstić information content (AvgIpc) is 2.75. The van der Waals surface area contributed by atoms with Crippen LogP contribution in [0.25, 0.3) is 11.1 Å². The van der Waals surface area contributed by atoms with Crippen LogP contribution in [0.15, 0.2) is 71.5 Å². The van der Waals surface area contributed by atoms with E-state index in [0.29, 0.717) is 30.8 Å². The van der Waals surface area contributed by atoms with E-state index in [1.165, 1.54) is 12.1 Å². The molecule has 5 rings (SSSR count). The van der Waals surface area contributed by atoms with Gasteiger partial charge >= 0.3 is 0 Å². The fourth-order valence-electron chi connectivity index (χ4n) is 4.85. The van der Waals surface area contributed by atoms with Crippen molar-refractivity contribution in [3.8, 4) is 11.1 Å². The summed E-state index contributed by atoms with van der Waals surface area (Å²) in [6.07, 6.45) is 0.906. The number of amides is 1. The van der Waals surface area contributed by atoms with Gasteiger partial charge in [-0.25, -0.2) is 4.39 Å².